The van der Waals surface area contributed by atoms with Gasteiger partial charge in [-0.05, 0) is 43.0 Å². The van der Waals surface area contributed by atoms with Gasteiger partial charge in [0.15, 0.2) is 0 Å². The Bertz CT molecular complexity index is 552. The lowest BCUT2D eigenvalue weighted by molar-refractivity contribution is 0.199. The van der Waals surface area contributed by atoms with Gasteiger partial charge in [-0.1, -0.05) is 6.07 Å². The molecule has 0 bridgehead atoms. The zero-order valence-electron chi connectivity index (χ0n) is 11.4. The van der Waals surface area contributed by atoms with Crippen molar-refractivity contribution in [2.24, 2.45) is 0 Å². The predicted molar refractivity (Wildman–Crippen MR) is 78.2 cm³/mol. The van der Waals surface area contributed by atoms with Crippen LogP contribution in [0.3, 0.4) is 0 Å². The lowest BCUT2D eigenvalue weighted by Crippen LogP contribution is -2.18. The Morgan fingerprint density at radius 3 is 2.74 bits per heavy atom. The van der Waals surface area contributed by atoms with Gasteiger partial charge < -0.3 is 10.0 Å². The molecule has 0 saturated heterocycles. The first-order chi connectivity index (χ1) is 8.99. The molecule has 0 aliphatic carbocycles. The zero-order valence-corrected chi connectivity index (χ0v) is 12.2. The molecule has 1 N–H and O–H groups in total. The quantitative estimate of drug-likeness (QED) is 0.918. The number of nitrogens with zero attached hydrogens (tertiary/aromatic N) is 1. The molecule has 0 aliphatic rings. The van der Waals surface area contributed by atoms with Crippen molar-refractivity contribution in [2.75, 3.05) is 11.9 Å². The average molecular weight is 279 g/mol. The van der Waals surface area contributed by atoms with Gasteiger partial charge in [0, 0.05) is 23.2 Å². The molecular formula is C15H18FNOS. The van der Waals surface area contributed by atoms with Crippen LogP contribution in [-0.2, 0) is 6.54 Å². The van der Waals surface area contributed by atoms with E-state index >= 15 is 0 Å². The molecule has 0 radical (unpaired) electrons. The van der Waals surface area contributed by atoms with Crippen LogP contribution in [0.15, 0.2) is 29.6 Å². The minimum absolute atomic E-state index is 0.274. The molecule has 19 heavy (non-hydrogen) atoms. The second-order valence-corrected chi connectivity index (χ2v) is 5.80. The number of anilines is 1. The fourth-order valence-electron chi connectivity index (χ4n) is 2.07. The Kier molecular flexibility index (Phi) is 4.22. The highest BCUT2D eigenvalue weighted by atomic mass is 32.1. The highest BCUT2D eigenvalue weighted by Crippen LogP contribution is 2.30. The Labute approximate surface area is 117 Å². The van der Waals surface area contributed by atoms with E-state index in [1.165, 1.54) is 10.9 Å². The van der Waals surface area contributed by atoms with Crippen LogP contribution in [0, 0.1) is 12.7 Å². The predicted octanol–water partition coefficient (Wildman–Crippen LogP) is 3.89. The van der Waals surface area contributed by atoms with Crippen molar-refractivity contribution in [3.8, 4) is 0 Å². The minimum atomic E-state index is -0.684. The molecule has 2 aromatic rings. The Hall–Kier alpha value is -1.39. The first kappa shape index (κ1) is 14.0. The lowest BCUT2D eigenvalue weighted by atomic mass is 10.0. The highest BCUT2D eigenvalue weighted by molar-refractivity contribution is 7.09. The number of aliphatic hydroxyl groups excluding tert-OH is 1. The molecule has 0 aliphatic heterocycles. The fourth-order valence-corrected chi connectivity index (χ4v) is 2.83. The van der Waals surface area contributed by atoms with Gasteiger partial charge in [0.25, 0.3) is 0 Å². The summed E-state index contributed by atoms with van der Waals surface area (Å²) in [6, 6.07) is 7.31. The van der Waals surface area contributed by atoms with Crippen molar-refractivity contribution >= 4 is 17.0 Å². The fraction of sp³-hybridized carbons (Fsp3) is 0.333. The number of rotatable bonds is 4. The molecule has 1 aromatic heterocycles. The molecule has 0 spiro atoms. The van der Waals surface area contributed by atoms with Crippen molar-refractivity contribution in [3.05, 3.63) is 51.5 Å². The van der Waals surface area contributed by atoms with E-state index in [0.29, 0.717) is 11.1 Å². The van der Waals surface area contributed by atoms with Crippen molar-refractivity contribution in [2.45, 2.75) is 26.5 Å². The van der Waals surface area contributed by atoms with Gasteiger partial charge in [0.2, 0.25) is 0 Å². The van der Waals surface area contributed by atoms with Crippen molar-refractivity contribution in [3.63, 3.8) is 0 Å². The van der Waals surface area contributed by atoms with Crippen LogP contribution >= 0.6 is 11.3 Å². The second-order valence-electron chi connectivity index (χ2n) is 4.77. The van der Waals surface area contributed by atoms with Crippen molar-refractivity contribution in [1.82, 2.24) is 0 Å². The van der Waals surface area contributed by atoms with Gasteiger partial charge >= 0.3 is 0 Å². The molecule has 0 saturated carbocycles. The molecule has 1 aromatic carbocycles. The molecule has 1 heterocycles. The smallest absolute Gasteiger partial charge is 0.126 e. The van der Waals surface area contributed by atoms with Crippen LogP contribution < -0.4 is 4.90 Å². The monoisotopic (exact) mass is 279 g/mol. The van der Waals surface area contributed by atoms with E-state index in [1.807, 2.05) is 23.4 Å². The summed E-state index contributed by atoms with van der Waals surface area (Å²) >= 11 is 1.69. The largest absolute Gasteiger partial charge is 0.389 e. The zero-order chi connectivity index (χ0) is 14.0. The van der Waals surface area contributed by atoms with Crippen LogP contribution in [0.4, 0.5) is 10.1 Å². The van der Waals surface area contributed by atoms with E-state index in [1.54, 1.807) is 31.3 Å². The standard InChI is InChI=1S/C15H18FNOS/c1-10-7-15(13(11(2)18)8-14(10)16)17(3)9-12-5-4-6-19-12/h4-8,11,18H,9H2,1-3H3/t11-/m1/s1. The molecular weight excluding hydrogens is 261 g/mol. The van der Waals surface area contributed by atoms with Gasteiger partial charge in [-0.2, -0.15) is 0 Å². The molecule has 2 nitrogen and oxygen atoms in total. The molecule has 0 unspecified atom stereocenters. The SMILES string of the molecule is Cc1cc(N(C)Cc2cccs2)c([C@@H](C)O)cc1F. The normalized spacial score (nSPS) is 12.5. The second kappa shape index (κ2) is 5.72. The number of halogens is 1. The Morgan fingerprint density at radius 2 is 2.16 bits per heavy atom. The summed E-state index contributed by atoms with van der Waals surface area (Å²) < 4.78 is 13.6. The van der Waals surface area contributed by atoms with E-state index in [0.717, 1.165) is 12.2 Å². The van der Waals surface area contributed by atoms with E-state index in [-0.39, 0.29) is 5.82 Å². The maximum atomic E-state index is 13.6. The molecule has 4 heteroatoms. The maximum absolute atomic E-state index is 13.6. The number of hydrogen-bond acceptors (Lipinski definition) is 3. The molecule has 0 amide bonds. The third-order valence-electron chi connectivity index (χ3n) is 3.14. The first-order valence-corrected chi connectivity index (χ1v) is 7.08. The van der Waals surface area contributed by atoms with Gasteiger partial charge in [0.05, 0.1) is 12.6 Å². The Morgan fingerprint density at radius 1 is 1.42 bits per heavy atom. The van der Waals surface area contributed by atoms with Crippen LogP contribution in [0.1, 0.15) is 29.0 Å². The summed E-state index contributed by atoms with van der Waals surface area (Å²) in [7, 11) is 1.96. The minimum Gasteiger partial charge on any atom is -0.389 e. The maximum Gasteiger partial charge on any atom is 0.126 e. The number of aryl methyl sites for hydroxylation is 1. The third-order valence-corrected chi connectivity index (χ3v) is 4.00. The van der Waals surface area contributed by atoms with Gasteiger partial charge in [-0.25, -0.2) is 4.39 Å². The number of aliphatic hydroxyl groups is 1. The van der Waals surface area contributed by atoms with Crippen LogP contribution in [0.5, 0.6) is 0 Å². The summed E-state index contributed by atoms with van der Waals surface area (Å²) in [5, 5.41) is 11.8. The third kappa shape index (κ3) is 3.14. The number of hydrogen-bond donors (Lipinski definition) is 1. The summed E-state index contributed by atoms with van der Waals surface area (Å²) in [6.07, 6.45) is -0.684. The Balaban J connectivity index is 2.34. The summed E-state index contributed by atoms with van der Waals surface area (Å²) in [5.41, 5.74) is 2.10. The van der Waals surface area contributed by atoms with Crippen molar-refractivity contribution < 1.29 is 9.50 Å². The van der Waals surface area contributed by atoms with Crippen LogP contribution in [0.25, 0.3) is 0 Å². The van der Waals surface area contributed by atoms with E-state index in [9.17, 15) is 9.50 Å². The average Bonchev–Trinajstić information content (AvgIpc) is 2.84. The summed E-state index contributed by atoms with van der Waals surface area (Å²) in [5.74, 6) is -0.274. The molecule has 1 atom stereocenters. The summed E-state index contributed by atoms with van der Waals surface area (Å²) in [6.45, 7) is 4.15. The topological polar surface area (TPSA) is 23.5 Å². The molecule has 102 valence electrons. The van der Waals surface area contributed by atoms with E-state index < -0.39 is 6.10 Å². The van der Waals surface area contributed by atoms with Crippen LogP contribution in [0.2, 0.25) is 0 Å². The number of benzene rings is 1. The van der Waals surface area contributed by atoms with Gasteiger partial charge in [-0.15, -0.1) is 11.3 Å². The lowest BCUT2D eigenvalue weighted by Gasteiger charge is -2.24. The van der Waals surface area contributed by atoms with Gasteiger partial charge in [-0.3, -0.25) is 0 Å². The van der Waals surface area contributed by atoms with Gasteiger partial charge in [0.1, 0.15) is 5.82 Å². The van der Waals surface area contributed by atoms with Crippen molar-refractivity contribution in [1.29, 1.82) is 0 Å². The first-order valence-electron chi connectivity index (χ1n) is 6.20. The molecule has 0 fully saturated rings. The van der Waals surface area contributed by atoms with E-state index in [2.05, 4.69) is 6.07 Å². The van der Waals surface area contributed by atoms with Crippen LogP contribution in [-0.4, -0.2) is 12.2 Å². The summed E-state index contributed by atoms with van der Waals surface area (Å²) in [4.78, 5) is 3.28. The highest BCUT2D eigenvalue weighted by Gasteiger charge is 2.15. The number of thiophene rings is 1. The molecule has 2 rings (SSSR count). The van der Waals surface area contributed by atoms with E-state index in [4.69, 9.17) is 0 Å².